The molecule has 0 radical (unpaired) electrons. The van der Waals surface area contributed by atoms with Crippen molar-refractivity contribution in [2.24, 2.45) is 11.8 Å². The number of nitrogens with one attached hydrogen (secondary N) is 1. The highest BCUT2D eigenvalue weighted by Gasteiger charge is 2.75. The lowest BCUT2D eigenvalue weighted by atomic mass is 9.70. The van der Waals surface area contributed by atoms with E-state index in [2.05, 4.69) is 18.5 Å². The number of ether oxygens (including phenoxy) is 2. The molecule has 3 fully saturated rings. The maximum atomic E-state index is 14.7. The Kier molecular flexibility index (Phi) is 10.0. The van der Waals surface area contributed by atoms with Crippen molar-refractivity contribution in [1.82, 2.24) is 10.2 Å². The van der Waals surface area contributed by atoms with Crippen LogP contribution in [0.15, 0.2) is 67.8 Å². The Hall–Kier alpha value is -4.02. The highest BCUT2D eigenvalue weighted by atomic mass is 16.6. The normalized spacial score (nSPS) is 25.6. The van der Waals surface area contributed by atoms with Gasteiger partial charge in [-0.05, 0) is 61.9 Å². The van der Waals surface area contributed by atoms with Crippen molar-refractivity contribution in [2.75, 3.05) is 31.1 Å². The molecule has 3 aliphatic rings. The zero-order valence-electron chi connectivity index (χ0n) is 25.9. The molecule has 2 N–H and O–H groups in total. The van der Waals surface area contributed by atoms with Crippen LogP contribution in [-0.4, -0.2) is 83.8 Å². The second-order valence-electron chi connectivity index (χ2n) is 12.2. The summed E-state index contributed by atoms with van der Waals surface area (Å²) in [4.78, 5) is 57.7. The zero-order chi connectivity index (χ0) is 32.1. The number of nitrogens with zero attached hydrogens (tertiary/aromatic N) is 2. The fraction of sp³-hybridized carbons (Fsp3) is 0.486. The minimum Gasteiger partial charge on any atom is -0.460 e. The summed E-state index contributed by atoms with van der Waals surface area (Å²) < 4.78 is 12.3. The van der Waals surface area contributed by atoms with Gasteiger partial charge in [-0.1, -0.05) is 42.5 Å². The lowest BCUT2D eigenvalue weighted by Gasteiger charge is -2.37. The summed E-state index contributed by atoms with van der Waals surface area (Å²) in [6, 6.07) is 12.7. The largest absolute Gasteiger partial charge is 0.460 e. The van der Waals surface area contributed by atoms with Crippen molar-refractivity contribution in [1.29, 1.82) is 0 Å². The number of hydrogen-bond acceptors (Lipinski definition) is 7. The van der Waals surface area contributed by atoms with Crippen LogP contribution < -0.4 is 10.2 Å². The molecule has 6 atom stereocenters. The Labute approximate surface area is 264 Å². The summed E-state index contributed by atoms with van der Waals surface area (Å²) in [6.07, 6.45) is 4.92. The van der Waals surface area contributed by atoms with E-state index in [-0.39, 0.29) is 44.0 Å². The minimum absolute atomic E-state index is 0.0373. The monoisotopic (exact) mass is 617 g/mol. The third kappa shape index (κ3) is 6.26. The van der Waals surface area contributed by atoms with E-state index in [1.165, 1.54) is 0 Å². The van der Waals surface area contributed by atoms with E-state index >= 15 is 0 Å². The van der Waals surface area contributed by atoms with Gasteiger partial charge in [0.25, 0.3) is 5.91 Å². The van der Waals surface area contributed by atoms with Crippen LogP contribution in [0, 0.1) is 11.8 Å². The molecule has 10 heteroatoms. The number of allylic oxidation sites excluding steroid dienone is 1. The average molecular weight is 618 g/mol. The molecule has 240 valence electrons. The predicted molar refractivity (Wildman–Crippen MR) is 170 cm³/mol. The number of benzene rings is 2. The first-order valence-corrected chi connectivity index (χ1v) is 15.8. The van der Waals surface area contributed by atoms with E-state index in [1.54, 1.807) is 28.9 Å². The molecular weight excluding hydrogens is 574 g/mol. The van der Waals surface area contributed by atoms with Crippen molar-refractivity contribution < 1.29 is 33.8 Å². The molecular formula is C35H43N3O7. The number of carbonyl (C=O) groups is 4. The molecule has 3 heterocycles. The van der Waals surface area contributed by atoms with E-state index in [0.29, 0.717) is 44.2 Å². The van der Waals surface area contributed by atoms with E-state index in [9.17, 15) is 24.3 Å². The summed E-state index contributed by atoms with van der Waals surface area (Å²) in [5, 5.41) is 14.2. The number of amides is 3. The van der Waals surface area contributed by atoms with Gasteiger partial charge in [-0.3, -0.25) is 19.2 Å². The van der Waals surface area contributed by atoms with Gasteiger partial charge in [-0.25, -0.2) is 0 Å². The molecule has 10 nitrogen and oxygen atoms in total. The van der Waals surface area contributed by atoms with Crippen LogP contribution in [0.1, 0.15) is 45.4 Å². The minimum atomic E-state index is -1.18. The van der Waals surface area contributed by atoms with Crippen molar-refractivity contribution in [3.63, 3.8) is 0 Å². The first-order chi connectivity index (χ1) is 21.7. The quantitative estimate of drug-likeness (QED) is 0.178. The highest BCUT2D eigenvalue weighted by molar-refractivity contribution is 6.05. The fourth-order valence-electron chi connectivity index (χ4n) is 7.18. The Balaban J connectivity index is 1.42. The molecule has 45 heavy (non-hydrogen) atoms. The summed E-state index contributed by atoms with van der Waals surface area (Å²) in [7, 11) is 0. The molecule has 2 bridgehead atoms. The number of fused-ring (bicyclic) bond motifs is 2. The zero-order valence-corrected chi connectivity index (χ0v) is 25.9. The van der Waals surface area contributed by atoms with Crippen LogP contribution in [0.5, 0.6) is 0 Å². The van der Waals surface area contributed by atoms with Gasteiger partial charge in [-0.2, -0.15) is 0 Å². The van der Waals surface area contributed by atoms with Gasteiger partial charge in [0.05, 0.1) is 24.5 Å². The maximum absolute atomic E-state index is 14.7. The van der Waals surface area contributed by atoms with Gasteiger partial charge in [0.15, 0.2) is 0 Å². The number of unbranched alkanes of at least 4 members (excludes halogenated alkanes) is 1. The molecule has 0 unspecified atom stereocenters. The van der Waals surface area contributed by atoms with E-state index < -0.39 is 41.7 Å². The molecule has 3 amide bonds. The lowest BCUT2D eigenvalue weighted by Crippen LogP contribution is -2.56. The summed E-state index contributed by atoms with van der Waals surface area (Å²) >= 11 is 0. The molecule has 0 saturated carbocycles. The van der Waals surface area contributed by atoms with Crippen LogP contribution in [0.4, 0.5) is 5.69 Å². The van der Waals surface area contributed by atoms with Crippen LogP contribution in [0.3, 0.4) is 0 Å². The van der Waals surface area contributed by atoms with E-state index in [4.69, 9.17) is 9.47 Å². The number of anilines is 1. The number of esters is 1. The number of rotatable bonds is 15. The van der Waals surface area contributed by atoms with Gasteiger partial charge < -0.3 is 29.7 Å². The van der Waals surface area contributed by atoms with Gasteiger partial charge in [0, 0.05) is 31.8 Å². The third-order valence-corrected chi connectivity index (χ3v) is 9.22. The van der Waals surface area contributed by atoms with Gasteiger partial charge >= 0.3 is 5.97 Å². The number of aliphatic hydroxyl groups is 1. The second-order valence-corrected chi connectivity index (χ2v) is 12.2. The number of aliphatic hydroxyl groups excluding tert-OH is 1. The number of carbonyl (C=O) groups excluding carboxylic acids is 4. The number of hydrogen-bond donors (Lipinski definition) is 2. The molecule has 2 aromatic rings. The molecule has 3 saturated heterocycles. The molecule has 0 aliphatic carbocycles. The molecule has 5 rings (SSSR count). The fourth-order valence-corrected chi connectivity index (χ4v) is 7.18. The van der Waals surface area contributed by atoms with E-state index in [1.807, 2.05) is 42.5 Å². The van der Waals surface area contributed by atoms with Crippen LogP contribution in [0.25, 0.3) is 10.8 Å². The summed E-state index contributed by atoms with van der Waals surface area (Å²) in [5.41, 5.74) is -0.506. The van der Waals surface area contributed by atoms with Gasteiger partial charge in [-0.15, -0.1) is 13.2 Å². The lowest BCUT2D eigenvalue weighted by molar-refractivity contribution is -0.159. The highest BCUT2D eigenvalue weighted by Crippen LogP contribution is 2.59. The van der Waals surface area contributed by atoms with Crippen LogP contribution >= 0.6 is 0 Å². The molecule has 0 aromatic heterocycles. The Bertz CT molecular complexity index is 1460. The topological polar surface area (TPSA) is 125 Å². The number of likely N-dealkylation sites (tertiary alicyclic amines) is 1. The maximum Gasteiger partial charge on any atom is 0.312 e. The molecule has 3 aliphatic heterocycles. The predicted octanol–water partition coefficient (Wildman–Crippen LogP) is 3.52. The summed E-state index contributed by atoms with van der Waals surface area (Å²) in [5.74, 6) is -3.07. The summed E-state index contributed by atoms with van der Waals surface area (Å²) in [6.45, 7) is 9.76. The smallest absolute Gasteiger partial charge is 0.312 e. The van der Waals surface area contributed by atoms with Crippen molar-refractivity contribution in [2.45, 2.75) is 69.3 Å². The Morgan fingerprint density at radius 2 is 1.96 bits per heavy atom. The second kappa shape index (κ2) is 14.0. The van der Waals surface area contributed by atoms with Crippen molar-refractivity contribution in [3.05, 3.63) is 67.8 Å². The van der Waals surface area contributed by atoms with Gasteiger partial charge in [0.2, 0.25) is 11.8 Å². The SMILES string of the molecule is C=CCCC(=O)NC[C@H](C)OC(=O)[C@@H]1[C@@H]2CC[C@]3(O2)[C@H](C(=O)N(CC=C)c2ccc4ccccc4c2)N(CCCCO)C(=O)[C@@H]13. The first kappa shape index (κ1) is 32.4. The molecule has 2 aromatic carbocycles. The molecule has 1 spiro atoms. The van der Waals surface area contributed by atoms with Crippen molar-refractivity contribution >= 4 is 40.2 Å². The third-order valence-electron chi connectivity index (χ3n) is 9.22. The first-order valence-electron chi connectivity index (χ1n) is 15.8. The Morgan fingerprint density at radius 3 is 2.69 bits per heavy atom. The van der Waals surface area contributed by atoms with Gasteiger partial charge in [0.1, 0.15) is 17.7 Å². The van der Waals surface area contributed by atoms with E-state index in [0.717, 1.165) is 10.8 Å². The van der Waals surface area contributed by atoms with Crippen LogP contribution in [-0.2, 0) is 28.7 Å². The Morgan fingerprint density at radius 1 is 1.18 bits per heavy atom. The standard InChI is InChI=1S/C35H43N3O7/c1-4-6-13-28(40)36-22-23(3)44-34(43)29-27-16-17-35(45-27)30(29)32(41)38(19-9-10-20-39)31(35)33(42)37(18-5-2)26-15-14-24-11-7-8-12-25(24)21-26/h4-5,7-8,11-12,14-15,21,23,27,29-31,39H,1-2,6,9-10,13,16-20,22H2,3H3,(H,36,40)/t23-,27-,29+,30+,31-,35+/m0/s1. The van der Waals surface area contributed by atoms with Crippen LogP contribution in [0.2, 0.25) is 0 Å². The van der Waals surface area contributed by atoms with Crippen molar-refractivity contribution in [3.8, 4) is 0 Å². The average Bonchev–Trinajstić information content (AvgIpc) is 3.68.